The van der Waals surface area contributed by atoms with Crippen LogP contribution in [0.2, 0.25) is 39.3 Å². The van der Waals surface area contributed by atoms with Gasteiger partial charge in [0, 0.05) is 0 Å². The quantitative estimate of drug-likeness (QED) is 0.434. The van der Waals surface area contributed by atoms with Crippen LogP contribution in [-0.2, 0) is 13.7 Å². The molecule has 0 radical (unpaired) electrons. The van der Waals surface area contributed by atoms with Crippen LogP contribution in [0.15, 0.2) is 5.16 Å². The lowest BCUT2D eigenvalue weighted by molar-refractivity contribution is -0.133. The molecule has 0 aliphatic carbocycles. The van der Waals surface area contributed by atoms with Gasteiger partial charge in [0.15, 0.2) is 0 Å². The van der Waals surface area contributed by atoms with Crippen molar-refractivity contribution in [1.29, 1.82) is 0 Å². The smallest absolute Gasteiger partial charge is 0.298 e. The summed E-state index contributed by atoms with van der Waals surface area (Å²) in [4.78, 5) is 11.5. The standard InChI is InChI=1S/C10H23NO3Si2/c1-9(11-14-16(5,6)7)8-10(12)13-15(2,3)4/h8H2,1-7H3/b11-9+. The Hall–Kier alpha value is -0.626. The van der Waals surface area contributed by atoms with E-state index in [9.17, 15) is 4.79 Å². The number of carbonyl (C=O) groups is 1. The highest BCUT2D eigenvalue weighted by Crippen LogP contribution is 2.07. The van der Waals surface area contributed by atoms with E-state index in [-0.39, 0.29) is 12.4 Å². The first-order valence-electron chi connectivity index (χ1n) is 5.43. The summed E-state index contributed by atoms with van der Waals surface area (Å²) < 4.78 is 10.7. The summed E-state index contributed by atoms with van der Waals surface area (Å²) in [6.45, 7) is 13.9. The summed E-state index contributed by atoms with van der Waals surface area (Å²) in [5, 5.41) is 3.96. The highest BCUT2D eigenvalue weighted by atomic mass is 28.4. The predicted octanol–water partition coefficient (Wildman–Crippen LogP) is 2.98. The van der Waals surface area contributed by atoms with Crippen LogP contribution >= 0.6 is 0 Å². The molecular weight excluding hydrogens is 238 g/mol. The Morgan fingerprint density at radius 3 is 1.94 bits per heavy atom. The number of hydrogen-bond donors (Lipinski definition) is 0. The Balaban J connectivity index is 4.15. The van der Waals surface area contributed by atoms with Crippen LogP contribution in [0.25, 0.3) is 0 Å². The highest BCUT2D eigenvalue weighted by Gasteiger charge is 2.21. The SMILES string of the molecule is C/C(CC(=O)O[Si](C)(C)C)=N\O[Si](C)(C)C. The zero-order valence-electron chi connectivity index (χ0n) is 11.4. The largest absolute Gasteiger partial charge is 0.520 e. The lowest BCUT2D eigenvalue weighted by Gasteiger charge is -2.17. The van der Waals surface area contributed by atoms with Crippen LogP contribution in [0.4, 0.5) is 0 Å². The molecule has 6 heteroatoms. The summed E-state index contributed by atoms with van der Waals surface area (Å²) in [7, 11) is -3.43. The molecule has 0 saturated carbocycles. The minimum atomic E-state index is -1.78. The molecule has 0 atom stereocenters. The predicted molar refractivity (Wildman–Crippen MR) is 71.6 cm³/mol. The van der Waals surface area contributed by atoms with Crippen molar-refractivity contribution in [2.45, 2.75) is 52.6 Å². The van der Waals surface area contributed by atoms with E-state index in [0.29, 0.717) is 5.71 Å². The number of hydrogen-bond acceptors (Lipinski definition) is 4. The van der Waals surface area contributed by atoms with Gasteiger partial charge in [0.05, 0.1) is 12.1 Å². The maximum atomic E-state index is 11.5. The van der Waals surface area contributed by atoms with Gasteiger partial charge in [0.2, 0.25) is 8.32 Å². The zero-order chi connectivity index (χ0) is 13.0. The molecule has 94 valence electrons. The summed E-state index contributed by atoms with van der Waals surface area (Å²) >= 11 is 0. The average molecular weight is 261 g/mol. The first kappa shape index (κ1) is 15.4. The van der Waals surface area contributed by atoms with Gasteiger partial charge in [-0.05, 0) is 46.2 Å². The number of carbonyl (C=O) groups excluding carboxylic acids is 1. The summed E-state index contributed by atoms with van der Waals surface area (Å²) in [6, 6.07) is 0. The van der Waals surface area contributed by atoms with Crippen LogP contribution in [-0.4, -0.2) is 28.3 Å². The van der Waals surface area contributed by atoms with Crippen LogP contribution in [0.1, 0.15) is 13.3 Å². The van der Waals surface area contributed by atoms with Crippen LogP contribution < -0.4 is 0 Å². The van der Waals surface area contributed by atoms with E-state index in [1.165, 1.54) is 0 Å². The van der Waals surface area contributed by atoms with Crippen LogP contribution in [0.3, 0.4) is 0 Å². The van der Waals surface area contributed by atoms with Gasteiger partial charge in [-0.1, -0.05) is 0 Å². The van der Waals surface area contributed by atoms with E-state index >= 15 is 0 Å². The molecule has 0 aliphatic heterocycles. The Kier molecular flexibility index (Phi) is 5.41. The van der Waals surface area contributed by atoms with Gasteiger partial charge in [-0.2, -0.15) is 0 Å². The maximum Gasteiger partial charge on any atom is 0.298 e. The highest BCUT2D eigenvalue weighted by molar-refractivity contribution is 6.71. The van der Waals surface area contributed by atoms with Gasteiger partial charge >= 0.3 is 0 Å². The topological polar surface area (TPSA) is 47.9 Å². The molecule has 0 fully saturated rings. The molecule has 0 aromatic rings. The summed E-state index contributed by atoms with van der Waals surface area (Å²) in [5.41, 5.74) is 0.672. The lowest BCUT2D eigenvalue weighted by atomic mass is 10.3. The Labute approximate surface area is 100 Å². The second-order valence-electron chi connectivity index (χ2n) is 5.79. The molecule has 16 heavy (non-hydrogen) atoms. The monoisotopic (exact) mass is 261 g/mol. The van der Waals surface area contributed by atoms with E-state index in [2.05, 4.69) is 5.16 Å². The number of rotatable bonds is 5. The van der Waals surface area contributed by atoms with Crippen molar-refractivity contribution >= 4 is 28.3 Å². The molecular formula is C10H23NO3Si2. The molecule has 0 bridgehead atoms. The third kappa shape index (κ3) is 9.91. The van der Waals surface area contributed by atoms with Gasteiger partial charge < -0.3 is 8.95 Å². The molecule has 0 rings (SSSR count). The van der Waals surface area contributed by atoms with Gasteiger partial charge in [0.1, 0.15) is 0 Å². The third-order valence-corrected chi connectivity index (χ3v) is 2.77. The average Bonchev–Trinajstić information content (AvgIpc) is 1.95. The van der Waals surface area contributed by atoms with Crippen molar-refractivity contribution in [2.24, 2.45) is 5.16 Å². The van der Waals surface area contributed by atoms with E-state index in [1.54, 1.807) is 6.92 Å². The number of nitrogens with zero attached hydrogens (tertiary/aromatic N) is 1. The van der Waals surface area contributed by atoms with Gasteiger partial charge in [-0.15, -0.1) is 5.16 Å². The molecule has 0 saturated heterocycles. The fourth-order valence-corrected chi connectivity index (χ4v) is 2.02. The fraction of sp³-hybridized carbons (Fsp3) is 0.800. The summed E-state index contributed by atoms with van der Waals surface area (Å²) in [6.07, 6.45) is 0.217. The minimum absolute atomic E-state index is 0.209. The van der Waals surface area contributed by atoms with Crippen molar-refractivity contribution in [3.8, 4) is 0 Å². The Bertz CT molecular complexity index is 277. The second kappa shape index (κ2) is 5.63. The molecule has 0 spiro atoms. The van der Waals surface area contributed by atoms with Crippen LogP contribution in [0, 0.1) is 0 Å². The molecule has 0 aliphatic rings. The molecule has 4 nitrogen and oxygen atoms in total. The normalized spacial score (nSPS) is 13.6. The van der Waals surface area contributed by atoms with Gasteiger partial charge in [0.25, 0.3) is 14.3 Å². The van der Waals surface area contributed by atoms with E-state index in [0.717, 1.165) is 0 Å². The summed E-state index contributed by atoms with van der Waals surface area (Å²) in [5.74, 6) is -0.209. The van der Waals surface area contributed by atoms with Crippen molar-refractivity contribution in [3.63, 3.8) is 0 Å². The fourth-order valence-electron chi connectivity index (χ4n) is 0.834. The van der Waals surface area contributed by atoms with Crippen molar-refractivity contribution in [2.75, 3.05) is 0 Å². The molecule has 0 aromatic heterocycles. The second-order valence-corrected chi connectivity index (χ2v) is 14.6. The number of oxime groups is 1. The molecule has 0 aromatic carbocycles. The Morgan fingerprint density at radius 2 is 1.56 bits per heavy atom. The van der Waals surface area contributed by atoms with Gasteiger partial charge in [-0.3, -0.25) is 4.79 Å². The first-order chi connectivity index (χ1) is 6.99. The molecule has 0 unspecified atom stereocenters. The zero-order valence-corrected chi connectivity index (χ0v) is 13.4. The van der Waals surface area contributed by atoms with Crippen molar-refractivity contribution < 1.29 is 13.7 Å². The van der Waals surface area contributed by atoms with E-state index in [4.69, 9.17) is 8.95 Å². The lowest BCUT2D eigenvalue weighted by Crippen LogP contribution is -2.30. The van der Waals surface area contributed by atoms with Crippen molar-refractivity contribution in [3.05, 3.63) is 0 Å². The molecule has 0 amide bonds. The first-order valence-corrected chi connectivity index (χ1v) is 12.2. The van der Waals surface area contributed by atoms with Gasteiger partial charge in [-0.25, -0.2) is 0 Å². The molecule has 0 N–H and O–H groups in total. The van der Waals surface area contributed by atoms with E-state index < -0.39 is 16.6 Å². The van der Waals surface area contributed by atoms with Crippen molar-refractivity contribution in [1.82, 2.24) is 0 Å². The maximum absolute atomic E-state index is 11.5. The Morgan fingerprint density at radius 1 is 1.06 bits per heavy atom. The minimum Gasteiger partial charge on any atom is -0.520 e. The molecule has 0 heterocycles. The van der Waals surface area contributed by atoms with Crippen LogP contribution in [0.5, 0.6) is 0 Å². The third-order valence-electron chi connectivity index (χ3n) is 1.30. The van der Waals surface area contributed by atoms with E-state index in [1.807, 2.05) is 39.3 Å².